The zero-order valence-electron chi connectivity index (χ0n) is 12.9. The molecule has 0 bridgehead atoms. The lowest BCUT2D eigenvalue weighted by atomic mass is 9.63. The maximum Gasteiger partial charge on any atom is 0.149 e. The summed E-state index contributed by atoms with van der Waals surface area (Å²) in [4.78, 5) is 4.43. The van der Waals surface area contributed by atoms with Gasteiger partial charge < -0.3 is 11.1 Å². The molecule has 0 aromatic carbocycles. The molecule has 1 aromatic heterocycles. The van der Waals surface area contributed by atoms with E-state index in [2.05, 4.69) is 38.0 Å². The summed E-state index contributed by atoms with van der Waals surface area (Å²) in [6.45, 7) is 11.4. The van der Waals surface area contributed by atoms with E-state index in [9.17, 15) is 0 Å². The summed E-state index contributed by atoms with van der Waals surface area (Å²) in [5, 5.41) is 3.55. The number of anilines is 2. The summed E-state index contributed by atoms with van der Waals surface area (Å²) in [5.41, 5.74) is 8.65. The molecule has 1 aliphatic carbocycles. The molecule has 0 atom stereocenters. The zero-order valence-corrected chi connectivity index (χ0v) is 12.9. The highest BCUT2D eigenvalue weighted by atomic mass is 15.0. The van der Waals surface area contributed by atoms with E-state index in [1.807, 2.05) is 19.2 Å². The highest BCUT2D eigenvalue weighted by Gasteiger charge is 2.38. The number of nitrogens with one attached hydrogen (secondary N) is 1. The summed E-state index contributed by atoms with van der Waals surface area (Å²) in [6, 6.07) is 2.44. The minimum Gasteiger partial charge on any atom is -0.396 e. The fourth-order valence-electron chi connectivity index (χ4n) is 3.85. The van der Waals surface area contributed by atoms with E-state index < -0.39 is 0 Å². The fraction of sp³-hybridized carbons (Fsp3) is 0.688. The Kier molecular flexibility index (Phi) is 3.50. The lowest BCUT2D eigenvalue weighted by Gasteiger charge is -2.45. The molecular formula is C16H27N3. The molecule has 0 saturated heterocycles. The molecule has 0 unspecified atom stereocenters. The molecule has 1 saturated carbocycles. The number of nitrogens with two attached hydrogens (primary N) is 1. The number of rotatable bonds is 2. The van der Waals surface area contributed by atoms with E-state index >= 15 is 0 Å². The second kappa shape index (κ2) is 4.69. The number of pyridine rings is 1. The van der Waals surface area contributed by atoms with Gasteiger partial charge in [-0.25, -0.2) is 4.98 Å². The molecule has 0 spiro atoms. The summed E-state index contributed by atoms with van der Waals surface area (Å²) in [5.74, 6) is 0.837. The van der Waals surface area contributed by atoms with Gasteiger partial charge in [-0.1, -0.05) is 27.7 Å². The third-order valence-electron chi connectivity index (χ3n) is 3.95. The van der Waals surface area contributed by atoms with Crippen molar-refractivity contribution in [3.8, 4) is 0 Å². The summed E-state index contributed by atoms with van der Waals surface area (Å²) in [7, 11) is 0. The molecule has 0 aliphatic heterocycles. The second-order valence-electron chi connectivity index (χ2n) is 7.71. The van der Waals surface area contributed by atoms with E-state index in [1.165, 1.54) is 19.3 Å². The minimum absolute atomic E-state index is 0.374. The van der Waals surface area contributed by atoms with Crippen molar-refractivity contribution in [3.05, 3.63) is 17.8 Å². The smallest absolute Gasteiger partial charge is 0.149 e. The maximum absolute atomic E-state index is 6.05. The van der Waals surface area contributed by atoms with Crippen LogP contribution in [0.1, 0.15) is 52.5 Å². The van der Waals surface area contributed by atoms with E-state index in [4.69, 9.17) is 5.73 Å². The highest BCUT2D eigenvalue weighted by Crippen LogP contribution is 2.46. The van der Waals surface area contributed by atoms with Crippen molar-refractivity contribution in [2.45, 2.75) is 59.9 Å². The number of nitrogens with zero attached hydrogens (tertiary/aromatic N) is 1. The predicted octanol–water partition coefficient (Wildman–Crippen LogP) is 3.99. The number of aryl methyl sites for hydroxylation is 1. The average molecular weight is 261 g/mol. The van der Waals surface area contributed by atoms with Gasteiger partial charge in [0.15, 0.2) is 0 Å². The van der Waals surface area contributed by atoms with Crippen molar-refractivity contribution >= 4 is 11.5 Å². The van der Waals surface area contributed by atoms with Crippen molar-refractivity contribution in [3.63, 3.8) is 0 Å². The Labute approximate surface area is 117 Å². The van der Waals surface area contributed by atoms with Gasteiger partial charge in [0.1, 0.15) is 5.82 Å². The van der Waals surface area contributed by atoms with Crippen LogP contribution in [0.4, 0.5) is 11.5 Å². The van der Waals surface area contributed by atoms with Gasteiger partial charge in [-0.15, -0.1) is 0 Å². The first kappa shape index (κ1) is 14.2. The van der Waals surface area contributed by atoms with E-state index in [-0.39, 0.29) is 0 Å². The molecule has 106 valence electrons. The number of hydrogen-bond donors (Lipinski definition) is 2. The lowest BCUT2D eigenvalue weighted by Crippen LogP contribution is -2.40. The van der Waals surface area contributed by atoms with Crippen LogP contribution >= 0.6 is 0 Å². The van der Waals surface area contributed by atoms with Gasteiger partial charge in [0.25, 0.3) is 0 Å². The van der Waals surface area contributed by atoms with Crippen LogP contribution in [-0.2, 0) is 0 Å². The Hall–Kier alpha value is -1.25. The molecule has 1 heterocycles. The Bertz CT molecular complexity index is 447. The van der Waals surface area contributed by atoms with Gasteiger partial charge in [-0.3, -0.25) is 0 Å². The molecule has 0 amide bonds. The van der Waals surface area contributed by atoms with Crippen LogP contribution in [0.2, 0.25) is 0 Å². The first-order chi connectivity index (χ1) is 8.67. The van der Waals surface area contributed by atoms with Crippen LogP contribution in [0.5, 0.6) is 0 Å². The van der Waals surface area contributed by atoms with Gasteiger partial charge in [0.05, 0.1) is 5.69 Å². The molecule has 1 fully saturated rings. The Morgan fingerprint density at radius 2 is 1.79 bits per heavy atom. The van der Waals surface area contributed by atoms with Gasteiger partial charge >= 0.3 is 0 Å². The minimum atomic E-state index is 0.374. The van der Waals surface area contributed by atoms with E-state index in [1.54, 1.807) is 0 Å². The number of aromatic nitrogens is 1. The number of nitrogen functional groups attached to an aromatic ring is 1. The molecule has 3 N–H and O–H groups in total. The molecular weight excluding hydrogens is 234 g/mol. The van der Waals surface area contributed by atoms with Crippen LogP contribution in [0.3, 0.4) is 0 Å². The average Bonchev–Trinajstić information content (AvgIpc) is 2.17. The lowest BCUT2D eigenvalue weighted by molar-refractivity contribution is 0.105. The van der Waals surface area contributed by atoms with E-state index in [0.29, 0.717) is 16.9 Å². The summed E-state index contributed by atoms with van der Waals surface area (Å²) < 4.78 is 0. The topological polar surface area (TPSA) is 50.9 Å². The van der Waals surface area contributed by atoms with Crippen LogP contribution in [0, 0.1) is 17.8 Å². The third kappa shape index (κ3) is 3.62. The summed E-state index contributed by atoms with van der Waals surface area (Å²) >= 11 is 0. The molecule has 19 heavy (non-hydrogen) atoms. The molecule has 3 heteroatoms. The Morgan fingerprint density at radius 3 is 2.32 bits per heavy atom. The van der Waals surface area contributed by atoms with Crippen LogP contribution in [0.15, 0.2) is 12.3 Å². The Balaban J connectivity index is 2.14. The van der Waals surface area contributed by atoms with Crippen molar-refractivity contribution < 1.29 is 0 Å². The van der Waals surface area contributed by atoms with Crippen LogP contribution < -0.4 is 11.1 Å². The fourth-order valence-corrected chi connectivity index (χ4v) is 3.85. The van der Waals surface area contributed by atoms with Crippen molar-refractivity contribution in [1.82, 2.24) is 4.98 Å². The Morgan fingerprint density at radius 1 is 1.21 bits per heavy atom. The van der Waals surface area contributed by atoms with Gasteiger partial charge in [0, 0.05) is 12.2 Å². The second-order valence-corrected chi connectivity index (χ2v) is 7.71. The number of hydrogen-bond acceptors (Lipinski definition) is 3. The monoisotopic (exact) mass is 261 g/mol. The van der Waals surface area contributed by atoms with Gasteiger partial charge in [-0.05, 0) is 48.6 Å². The molecule has 0 radical (unpaired) electrons. The first-order valence-corrected chi connectivity index (χ1v) is 7.16. The van der Waals surface area contributed by atoms with Crippen molar-refractivity contribution in [2.24, 2.45) is 10.8 Å². The molecule has 3 nitrogen and oxygen atoms in total. The van der Waals surface area contributed by atoms with Gasteiger partial charge in [-0.2, -0.15) is 0 Å². The first-order valence-electron chi connectivity index (χ1n) is 7.16. The third-order valence-corrected chi connectivity index (χ3v) is 3.95. The molecule has 2 rings (SSSR count). The van der Waals surface area contributed by atoms with Crippen molar-refractivity contribution in [2.75, 3.05) is 11.1 Å². The molecule has 1 aliphatic rings. The summed E-state index contributed by atoms with van der Waals surface area (Å²) in [6.07, 6.45) is 5.49. The highest BCUT2D eigenvalue weighted by molar-refractivity contribution is 5.62. The SMILES string of the molecule is Cc1cnc(NC2CC(C)(C)CC(C)(C)C2)c(N)c1. The van der Waals surface area contributed by atoms with Crippen LogP contribution in [0.25, 0.3) is 0 Å². The van der Waals surface area contributed by atoms with Crippen LogP contribution in [-0.4, -0.2) is 11.0 Å². The molecule has 1 aromatic rings. The van der Waals surface area contributed by atoms with E-state index in [0.717, 1.165) is 17.1 Å². The quantitative estimate of drug-likeness (QED) is 0.846. The maximum atomic E-state index is 6.05. The zero-order chi connectivity index (χ0) is 14.3. The normalized spacial score (nSPS) is 22.2. The predicted molar refractivity (Wildman–Crippen MR) is 82.2 cm³/mol. The standard InChI is InChI=1S/C16H27N3/c1-11-6-13(17)14(18-9-11)19-12-7-15(2,3)10-16(4,5)8-12/h6,9,12H,7-8,10,17H2,1-5H3,(H,18,19). The van der Waals surface area contributed by atoms with Gasteiger partial charge in [0.2, 0.25) is 0 Å². The van der Waals surface area contributed by atoms with Crippen molar-refractivity contribution in [1.29, 1.82) is 0 Å². The largest absolute Gasteiger partial charge is 0.396 e.